The number of halogens is 4. The number of anilines is 2. The summed E-state index contributed by atoms with van der Waals surface area (Å²) in [7, 11) is 0. The minimum atomic E-state index is -4.53. The summed E-state index contributed by atoms with van der Waals surface area (Å²) in [5, 5.41) is 2.39. The highest BCUT2D eigenvalue weighted by Gasteiger charge is 2.31. The van der Waals surface area contributed by atoms with E-state index < -0.39 is 17.6 Å². The lowest BCUT2D eigenvalue weighted by Gasteiger charge is -2.30. The van der Waals surface area contributed by atoms with Crippen LogP contribution in [0.4, 0.5) is 24.8 Å². The second kappa shape index (κ2) is 7.72. The first-order chi connectivity index (χ1) is 12.7. The first kappa shape index (κ1) is 19.4. The fourth-order valence-electron chi connectivity index (χ4n) is 2.96. The molecule has 1 fully saturated rings. The van der Waals surface area contributed by atoms with Crippen LogP contribution in [0, 0.1) is 5.92 Å². The largest absolute Gasteiger partial charge is 0.416 e. The molecule has 27 heavy (non-hydrogen) atoms. The van der Waals surface area contributed by atoms with Crippen LogP contribution in [0.15, 0.2) is 30.6 Å². The summed E-state index contributed by atoms with van der Waals surface area (Å²) in [6, 6.07) is 2.75. The summed E-state index contributed by atoms with van der Waals surface area (Å²) in [5.41, 5.74) is -0.879. The van der Waals surface area contributed by atoms with Crippen molar-refractivity contribution in [2.45, 2.75) is 25.9 Å². The van der Waals surface area contributed by atoms with Gasteiger partial charge in [-0.1, -0.05) is 18.5 Å². The van der Waals surface area contributed by atoms with Gasteiger partial charge in [-0.25, -0.2) is 9.97 Å². The van der Waals surface area contributed by atoms with Gasteiger partial charge in [-0.15, -0.1) is 0 Å². The highest BCUT2D eigenvalue weighted by Crippen LogP contribution is 2.34. The molecule has 3 rings (SSSR count). The second-order valence-electron chi connectivity index (χ2n) is 6.61. The van der Waals surface area contributed by atoms with Crippen molar-refractivity contribution in [3.63, 3.8) is 0 Å². The zero-order valence-corrected chi connectivity index (χ0v) is 15.3. The lowest BCUT2D eigenvalue weighted by atomic mass is 10.0. The van der Waals surface area contributed by atoms with Crippen LogP contribution in [0.5, 0.6) is 0 Å². The van der Waals surface area contributed by atoms with Crippen LogP contribution < -0.4 is 10.2 Å². The monoisotopic (exact) mass is 398 g/mol. The minimum Gasteiger partial charge on any atom is -0.341 e. The number of alkyl halides is 3. The van der Waals surface area contributed by atoms with Gasteiger partial charge < -0.3 is 10.2 Å². The van der Waals surface area contributed by atoms with Gasteiger partial charge in [-0.3, -0.25) is 4.79 Å². The number of rotatable bonds is 3. The number of carbonyl (C=O) groups excluding carboxylic acids is 1. The third kappa shape index (κ3) is 4.68. The van der Waals surface area contributed by atoms with E-state index in [2.05, 4.69) is 27.1 Å². The SMILES string of the molecule is CC1CCCN(c2ncc(C(=O)Nc3cc(C(F)(F)F)ccc3Cl)cn2)C1. The first-order valence-corrected chi connectivity index (χ1v) is 8.87. The lowest BCUT2D eigenvalue weighted by molar-refractivity contribution is -0.137. The van der Waals surface area contributed by atoms with E-state index in [1.54, 1.807) is 0 Å². The highest BCUT2D eigenvalue weighted by atomic mass is 35.5. The van der Waals surface area contributed by atoms with Crippen LogP contribution in [-0.4, -0.2) is 29.0 Å². The number of piperidine rings is 1. The zero-order chi connectivity index (χ0) is 19.6. The Hall–Kier alpha value is -2.35. The molecule has 0 spiro atoms. The molecule has 9 heteroatoms. The molecule has 1 amide bonds. The van der Waals surface area contributed by atoms with Crippen molar-refractivity contribution in [2.24, 2.45) is 5.92 Å². The summed E-state index contributed by atoms with van der Waals surface area (Å²) in [6.45, 7) is 3.87. The van der Waals surface area contributed by atoms with Gasteiger partial charge in [0.1, 0.15) is 0 Å². The van der Waals surface area contributed by atoms with Crippen molar-refractivity contribution < 1.29 is 18.0 Å². The van der Waals surface area contributed by atoms with Crippen LogP contribution in [0.25, 0.3) is 0 Å². The number of amides is 1. The van der Waals surface area contributed by atoms with Crippen LogP contribution in [0.3, 0.4) is 0 Å². The quantitative estimate of drug-likeness (QED) is 0.818. The third-order valence-corrected chi connectivity index (χ3v) is 4.71. The van der Waals surface area contributed by atoms with Gasteiger partial charge >= 0.3 is 6.18 Å². The Morgan fingerprint density at radius 3 is 2.63 bits per heavy atom. The molecular formula is C18H18ClF3N4O. The smallest absolute Gasteiger partial charge is 0.341 e. The Morgan fingerprint density at radius 2 is 2.00 bits per heavy atom. The molecule has 0 saturated carbocycles. The summed E-state index contributed by atoms with van der Waals surface area (Å²) in [5.74, 6) is 0.457. The molecule has 144 valence electrons. The molecule has 0 bridgehead atoms. The molecule has 1 saturated heterocycles. The first-order valence-electron chi connectivity index (χ1n) is 8.49. The molecule has 1 aromatic carbocycles. The van der Waals surface area contributed by atoms with Crippen molar-refractivity contribution >= 4 is 29.1 Å². The number of hydrogen-bond donors (Lipinski definition) is 1. The average Bonchev–Trinajstić information content (AvgIpc) is 2.62. The van der Waals surface area contributed by atoms with Crippen LogP contribution in [0.2, 0.25) is 5.02 Å². The number of nitrogens with one attached hydrogen (secondary N) is 1. The van der Waals surface area contributed by atoms with Crippen molar-refractivity contribution in [1.29, 1.82) is 0 Å². The normalized spacial score (nSPS) is 17.7. The predicted octanol–water partition coefficient (Wildman–Crippen LogP) is 4.64. The number of nitrogens with zero attached hydrogens (tertiary/aromatic N) is 3. The van der Waals surface area contributed by atoms with Gasteiger partial charge in [0.15, 0.2) is 0 Å². The molecule has 1 aromatic heterocycles. The van der Waals surface area contributed by atoms with Crippen molar-refractivity contribution in [3.05, 3.63) is 46.7 Å². The molecule has 2 aromatic rings. The van der Waals surface area contributed by atoms with E-state index in [-0.39, 0.29) is 16.3 Å². The lowest BCUT2D eigenvalue weighted by Crippen LogP contribution is -2.35. The zero-order valence-electron chi connectivity index (χ0n) is 14.6. The summed E-state index contributed by atoms with van der Waals surface area (Å²) in [6.07, 6.45) is 0.410. The van der Waals surface area contributed by atoms with E-state index in [1.165, 1.54) is 12.4 Å². The fourth-order valence-corrected chi connectivity index (χ4v) is 3.13. The number of aromatic nitrogens is 2. The van der Waals surface area contributed by atoms with E-state index in [4.69, 9.17) is 11.6 Å². The highest BCUT2D eigenvalue weighted by molar-refractivity contribution is 6.34. The molecular weight excluding hydrogens is 381 g/mol. The average molecular weight is 399 g/mol. The number of benzene rings is 1. The molecule has 1 aliphatic heterocycles. The van der Waals surface area contributed by atoms with E-state index in [1.807, 2.05) is 0 Å². The molecule has 0 aliphatic carbocycles. The summed E-state index contributed by atoms with van der Waals surface area (Å²) >= 11 is 5.90. The maximum absolute atomic E-state index is 12.8. The van der Waals surface area contributed by atoms with Crippen molar-refractivity contribution in [1.82, 2.24) is 9.97 Å². The Bertz CT molecular complexity index is 826. The van der Waals surface area contributed by atoms with Gasteiger partial charge in [0.05, 0.1) is 21.8 Å². The van der Waals surface area contributed by atoms with Gasteiger partial charge in [0.25, 0.3) is 5.91 Å². The fraction of sp³-hybridized carbons (Fsp3) is 0.389. The van der Waals surface area contributed by atoms with E-state index >= 15 is 0 Å². The van der Waals surface area contributed by atoms with Crippen molar-refractivity contribution in [3.8, 4) is 0 Å². The second-order valence-corrected chi connectivity index (χ2v) is 7.02. The van der Waals surface area contributed by atoms with Gasteiger partial charge in [0, 0.05) is 25.5 Å². The number of hydrogen-bond acceptors (Lipinski definition) is 4. The minimum absolute atomic E-state index is 0.0104. The Balaban J connectivity index is 1.73. The van der Waals surface area contributed by atoms with Crippen LogP contribution >= 0.6 is 11.6 Å². The third-order valence-electron chi connectivity index (χ3n) is 4.38. The Morgan fingerprint density at radius 1 is 1.30 bits per heavy atom. The Kier molecular flexibility index (Phi) is 5.55. The van der Waals surface area contributed by atoms with Crippen LogP contribution in [-0.2, 0) is 6.18 Å². The molecule has 1 unspecified atom stereocenters. The van der Waals surface area contributed by atoms with E-state index in [0.717, 1.165) is 44.1 Å². The van der Waals surface area contributed by atoms with Crippen molar-refractivity contribution in [2.75, 3.05) is 23.3 Å². The molecule has 2 heterocycles. The van der Waals surface area contributed by atoms with E-state index in [9.17, 15) is 18.0 Å². The maximum Gasteiger partial charge on any atom is 0.416 e. The predicted molar refractivity (Wildman–Crippen MR) is 97.1 cm³/mol. The summed E-state index contributed by atoms with van der Waals surface area (Å²) in [4.78, 5) is 22.8. The van der Waals surface area contributed by atoms with Gasteiger partial charge in [0.2, 0.25) is 5.95 Å². The topological polar surface area (TPSA) is 58.1 Å². The summed E-state index contributed by atoms with van der Waals surface area (Å²) < 4.78 is 38.5. The van der Waals surface area contributed by atoms with Crippen LogP contribution in [0.1, 0.15) is 35.7 Å². The molecule has 1 N–H and O–H groups in total. The van der Waals surface area contributed by atoms with E-state index in [0.29, 0.717) is 11.9 Å². The molecule has 1 atom stereocenters. The number of carbonyl (C=O) groups is 1. The van der Waals surface area contributed by atoms with Gasteiger partial charge in [-0.05, 0) is 37.0 Å². The molecule has 5 nitrogen and oxygen atoms in total. The maximum atomic E-state index is 12.8. The standard InChI is InChI=1S/C18H18ClF3N4O/c1-11-3-2-6-26(10-11)17-23-8-12(9-24-17)16(27)25-15-7-13(18(20,21)22)4-5-14(15)19/h4-5,7-9,11H,2-3,6,10H2,1H3,(H,25,27). The Labute approximate surface area is 159 Å². The van der Waals surface area contributed by atoms with Gasteiger partial charge in [-0.2, -0.15) is 13.2 Å². The molecule has 0 radical (unpaired) electrons. The molecule has 1 aliphatic rings.